The van der Waals surface area contributed by atoms with E-state index >= 15 is 0 Å². The van der Waals surface area contributed by atoms with E-state index in [0.29, 0.717) is 28.5 Å². The average molecular weight is 421 g/mol. The number of nitrogens with zero attached hydrogens (tertiary/aromatic N) is 3. The van der Waals surface area contributed by atoms with Crippen LogP contribution < -0.4 is 5.32 Å². The Morgan fingerprint density at radius 2 is 2.04 bits per heavy atom. The number of carbonyl (C=O) groups is 1. The molecule has 1 N–H and O–H groups in total. The van der Waals surface area contributed by atoms with Crippen LogP contribution in [-0.4, -0.2) is 43.6 Å². The molecule has 7 nitrogen and oxygen atoms in total. The number of aryl methyl sites for hydroxylation is 2. The van der Waals surface area contributed by atoms with Gasteiger partial charge in [0.25, 0.3) is 15.9 Å². The molecule has 1 aromatic carbocycles. The summed E-state index contributed by atoms with van der Waals surface area (Å²) >= 11 is 1.31. The molecule has 0 saturated carbocycles. The largest absolute Gasteiger partial charge is 0.362 e. The molecule has 1 aliphatic rings. The van der Waals surface area contributed by atoms with E-state index in [0.717, 1.165) is 30.8 Å². The van der Waals surface area contributed by atoms with E-state index in [2.05, 4.69) is 14.7 Å². The fourth-order valence-electron chi connectivity index (χ4n) is 3.10. The van der Waals surface area contributed by atoms with Crippen LogP contribution in [0.3, 0.4) is 0 Å². The lowest BCUT2D eigenvalue weighted by Gasteiger charge is -2.17. The van der Waals surface area contributed by atoms with Crippen molar-refractivity contribution in [3.63, 3.8) is 0 Å². The first-order valence-electron chi connectivity index (χ1n) is 9.17. The van der Waals surface area contributed by atoms with Gasteiger partial charge in [-0.3, -0.25) is 4.79 Å². The smallest absolute Gasteiger partial charge is 0.284 e. The molecule has 9 heteroatoms. The van der Waals surface area contributed by atoms with Gasteiger partial charge in [-0.25, -0.2) is 4.98 Å². The van der Waals surface area contributed by atoms with Gasteiger partial charge in [-0.15, -0.1) is 15.7 Å². The number of hydrogen-bond donors (Lipinski definition) is 1. The highest BCUT2D eigenvalue weighted by Gasteiger charge is 2.20. The van der Waals surface area contributed by atoms with Crippen LogP contribution in [0.4, 0.5) is 5.69 Å². The Kier molecular flexibility index (Phi) is 6.14. The number of amides is 1. The van der Waals surface area contributed by atoms with Crippen LogP contribution in [0, 0.1) is 13.8 Å². The van der Waals surface area contributed by atoms with Crippen molar-refractivity contribution in [2.24, 2.45) is 4.40 Å². The molecule has 1 aliphatic heterocycles. The first-order chi connectivity index (χ1) is 13.3. The molecule has 0 aliphatic carbocycles. The predicted octanol–water partition coefficient (Wildman–Crippen LogP) is 3.61. The minimum atomic E-state index is -3.85. The van der Waals surface area contributed by atoms with Crippen LogP contribution in [0.1, 0.15) is 46.1 Å². The number of sulfonamides is 1. The third kappa shape index (κ3) is 4.77. The molecular formula is C19H24N4O3S2. The summed E-state index contributed by atoms with van der Waals surface area (Å²) in [5.41, 5.74) is 1.07. The van der Waals surface area contributed by atoms with Crippen LogP contribution in [0.25, 0.3) is 0 Å². The van der Waals surface area contributed by atoms with Crippen molar-refractivity contribution in [1.82, 2.24) is 9.88 Å². The molecule has 0 atom stereocenters. The van der Waals surface area contributed by atoms with Gasteiger partial charge in [0.1, 0.15) is 10.7 Å². The van der Waals surface area contributed by atoms with Gasteiger partial charge in [0.15, 0.2) is 0 Å². The summed E-state index contributed by atoms with van der Waals surface area (Å²) in [6.45, 7) is 4.42. The Morgan fingerprint density at radius 1 is 1.25 bits per heavy atom. The number of nitrogens with one attached hydrogen (secondary N) is 1. The highest BCUT2D eigenvalue weighted by molar-refractivity contribution is 7.90. The third-order valence-electron chi connectivity index (χ3n) is 4.56. The lowest BCUT2D eigenvalue weighted by atomic mass is 10.2. The Labute approximate surface area is 169 Å². The number of benzene rings is 1. The molecule has 0 unspecified atom stereocenters. The summed E-state index contributed by atoms with van der Waals surface area (Å²) in [4.78, 5) is 19.2. The van der Waals surface area contributed by atoms with E-state index in [1.54, 1.807) is 19.1 Å². The van der Waals surface area contributed by atoms with Crippen LogP contribution in [-0.2, 0) is 10.0 Å². The maximum atomic E-state index is 12.8. The standard InChI is InChI=1S/C19H24N4O3S2/c1-13-18(27-14(2)20-13)19(24)21-15-8-7-9-16(12-15)28(25,26)22-17-10-5-4-6-11-23(17)3/h7-9,12H,4-6,10-11H2,1-3H3,(H,21,24). The van der Waals surface area contributed by atoms with Crippen molar-refractivity contribution >= 4 is 38.8 Å². The van der Waals surface area contributed by atoms with E-state index in [4.69, 9.17) is 0 Å². The second-order valence-corrected chi connectivity index (χ2v) is 9.65. The number of hydrogen-bond acceptors (Lipinski definition) is 5. The second kappa shape index (κ2) is 8.40. The second-order valence-electron chi connectivity index (χ2n) is 6.84. The van der Waals surface area contributed by atoms with Crippen molar-refractivity contribution in [3.8, 4) is 0 Å². The molecule has 0 bridgehead atoms. The fourth-order valence-corrected chi connectivity index (χ4v) is 5.05. The van der Waals surface area contributed by atoms with Crippen molar-refractivity contribution < 1.29 is 13.2 Å². The Balaban J connectivity index is 1.84. The van der Waals surface area contributed by atoms with Crippen molar-refractivity contribution in [3.05, 3.63) is 39.8 Å². The Bertz CT molecular complexity index is 1010. The molecule has 0 radical (unpaired) electrons. The summed E-state index contributed by atoms with van der Waals surface area (Å²) in [5.74, 6) is 0.287. The number of aromatic nitrogens is 1. The molecule has 3 rings (SSSR count). The zero-order valence-electron chi connectivity index (χ0n) is 16.2. The summed E-state index contributed by atoms with van der Waals surface area (Å²) in [6.07, 6.45) is 3.69. The number of likely N-dealkylation sites (tertiary alicyclic amines) is 1. The normalized spacial score (nSPS) is 16.8. The summed E-state index contributed by atoms with van der Waals surface area (Å²) in [5, 5.41) is 3.56. The number of anilines is 1. The molecule has 150 valence electrons. The first kappa shape index (κ1) is 20.5. The molecular weight excluding hydrogens is 396 g/mol. The maximum absolute atomic E-state index is 12.8. The first-order valence-corrected chi connectivity index (χ1v) is 11.4. The van der Waals surface area contributed by atoms with Gasteiger partial charge in [0.05, 0.1) is 15.6 Å². The summed E-state index contributed by atoms with van der Waals surface area (Å²) < 4.78 is 29.6. The van der Waals surface area contributed by atoms with Gasteiger partial charge < -0.3 is 10.2 Å². The van der Waals surface area contributed by atoms with Crippen LogP contribution in [0.5, 0.6) is 0 Å². The number of carbonyl (C=O) groups excluding carboxylic acids is 1. The van der Waals surface area contributed by atoms with E-state index in [1.165, 1.54) is 23.5 Å². The van der Waals surface area contributed by atoms with Crippen LogP contribution >= 0.6 is 11.3 Å². The van der Waals surface area contributed by atoms with Gasteiger partial charge in [-0.05, 0) is 44.9 Å². The zero-order chi connectivity index (χ0) is 20.3. The maximum Gasteiger partial charge on any atom is 0.284 e. The van der Waals surface area contributed by atoms with Crippen LogP contribution in [0.15, 0.2) is 33.6 Å². The van der Waals surface area contributed by atoms with Gasteiger partial charge in [-0.1, -0.05) is 12.5 Å². The molecule has 1 aromatic heterocycles. The lowest BCUT2D eigenvalue weighted by Crippen LogP contribution is -2.26. The third-order valence-corrected chi connectivity index (χ3v) is 6.93. The lowest BCUT2D eigenvalue weighted by molar-refractivity contribution is 0.102. The minimum absolute atomic E-state index is 0.0626. The molecule has 1 saturated heterocycles. The van der Waals surface area contributed by atoms with E-state index in [9.17, 15) is 13.2 Å². The number of thiazole rings is 1. The Hall–Kier alpha value is -2.26. The number of amidine groups is 1. The van der Waals surface area contributed by atoms with Gasteiger partial charge >= 0.3 is 0 Å². The average Bonchev–Trinajstić information content (AvgIpc) is 2.85. The van der Waals surface area contributed by atoms with Gasteiger partial charge in [0.2, 0.25) is 0 Å². The highest BCUT2D eigenvalue weighted by atomic mass is 32.2. The molecule has 2 aromatic rings. The van der Waals surface area contributed by atoms with E-state index in [-0.39, 0.29) is 10.8 Å². The molecule has 28 heavy (non-hydrogen) atoms. The summed E-state index contributed by atoms with van der Waals surface area (Å²) in [7, 11) is -1.98. The zero-order valence-corrected chi connectivity index (χ0v) is 17.9. The minimum Gasteiger partial charge on any atom is -0.362 e. The van der Waals surface area contributed by atoms with Crippen molar-refractivity contribution in [1.29, 1.82) is 0 Å². The molecule has 2 heterocycles. The Morgan fingerprint density at radius 3 is 2.75 bits per heavy atom. The predicted molar refractivity (Wildman–Crippen MR) is 112 cm³/mol. The van der Waals surface area contributed by atoms with Crippen molar-refractivity contribution in [2.45, 2.75) is 44.4 Å². The molecule has 1 amide bonds. The topological polar surface area (TPSA) is 91.7 Å². The molecule has 1 fully saturated rings. The summed E-state index contributed by atoms with van der Waals surface area (Å²) in [6, 6.07) is 6.19. The highest BCUT2D eigenvalue weighted by Crippen LogP contribution is 2.22. The quantitative estimate of drug-likeness (QED) is 0.816. The SMILES string of the molecule is Cc1nc(C)c(C(=O)Nc2cccc(S(=O)(=O)N=C3CCCCCN3C)c2)s1. The molecule has 0 spiro atoms. The fraction of sp³-hybridized carbons (Fsp3) is 0.421. The van der Waals surface area contributed by atoms with Crippen LogP contribution in [0.2, 0.25) is 0 Å². The van der Waals surface area contributed by atoms with E-state index in [1.807, 2.05) is 18.9 Å². The van der Waals surface area contributed by atoms with Crippen molar-refractivity contribution in [2.75, 3.05) is 18.9 Å². The van der Waals surface area contributed by atoms with Gasteiger partial charge in [0, 0.05) is 25.7 Å². The monoisotopic (exact) mass is 420 g/mol. The number of rotatable bonds is 4. The van der Waals surface area contributed by atoms with E-state index < -0.39 is 10.0 Å². The van der Waals surface area contributed by atoms with Gasteiger partial charge in [-0.2, -0.15) is 8.42 Å².